The van der Waals surface area contributed by atoms with Gasteiger partial charge >= 0.3 is 0 Å². The van der Waals surface area contributed by atoms with Crippen LogP contribution in [-0.4, -0.2) is 56.6 Å². The normalized spacial score (nSPS) is 23.5. The van der Waals surface area contributed by atoms with Gasteiger partial charge < -0.3 is 5.11 Å². The Morgan fingerprint density at radius 2 is 1.96 bits per heavy atom. The van der Waals surface area contributed by atoms with Gasteiger partial charge in [0.1, 0.15) is 0 Å². The number of aliphatic hydroxyl groups excluding tert-OH is 1. The van der Waals surface area contributed by atoms with E-state index in [0.29, 0.717) is 11.1 Å². The van der Waals surface area contributed by atoms with Crippen molar-refractivity contribution in [2.24, 2.45) is 0 Å². The smallest absolute Gasteiger partial charge is 0.214 e. The van der Waals surface area contributed by atoms with Crippen molar-refractivity contribution in [2.45, 2.75) is 36.3 Å². The van der Waals surface area contributed by atoms with Crippen LogP contribution in [0.2, 0.25) is 0 Å². The molecule has 1 fully saturated rings. The molecule has 0 saturated carbocycles. The molecule has 1 aromatic heterocycles. The van der Waals surface area contributed by atoms with E-state index < -0.39 is 21.2 Å². The third-order valence-electron chi connectivity index (χ3n) is 3.77. The highest BCUT2D eigenvalue weighted by atomic mass is 32.2. The zero-order valence-corrected chi connectivity index (χ0v) is 14.5. The van der Waals surface area contributed by atoms with Gasteiger partial charge in [-0.05, 0) is 34.0 Å². The first-order valence-electron chi connectivity index (χ1n) is 7.29. The van der Waals surface area contributed by atoms with Gasteiger partial charge in [-0.1, -0.05) is 37.7 Å². The largest absolute Gasteiger partial charge is 0.391 e. The van der Waals surface area contributed by atoms with Gasteiger partial charge in [0.2, 0.25) is 5.16 Å². The van der Waals surface area contributed by atoms with E-state index in [0.717, 1.165) is 5.69 Å². The highest BCUT2D eigenvalue weighted by Gasteiger charge is 2.38. The van der Waals surface area contributed by atoms with Crippen molar-refractivity contribution in [3.63, 3.8) is 0 Å². The van der Waals surface area contributed by atoms with Crippen molar-refractivity contribution < 1.29 is 13.5 Å². The number of aliphatic hydroxyl groups is 1. The summed E-state index contributed by atoms with van der Waals surface area (Å²) < 4.78 is 24.8. The molecule has 23 heavy (non-hydrogen) atoms. The van der Waals surface area contributed by atoms with Crippen LogP contribution in [0.25, 0.3) is 5.69 Å². The third-order valence-corrected chi connectivity index (χ3v) is 6.95. The molecule has 0 unspecified atom stereocenters. The number of sulfone groups is 1. The third kappa shape index (κ3) is 3.56. The van der Waals surface area contributed by atoms with E-state index in [2.05, 4.69) is 29.4 Å². The van der Waals surface area contributed by atoms with Crippen LogP contribution in [0.1, 0.15) is 25.3 Å². The van der Waals surface area contributed by atoms with Gasteiger partial charge in [0.15, 0.2) is 9.84 Å². The molecule has 2 heterocycles. The van der Waals surface area contributed by atoms with Crippen LogP contribution in [0, 0.1) is 0 Å². The molecule has 1 aliphatic heterocycles. The summed E-state index contributed by atoms with van der Waals surface area (Å²) in [5.41, 5.74) is 2.02. The fourth-order valence-electron chi connectivity index (χ4n) is 2.46. The van der Waals surface area contributed by atoms with Gasteiger partial charge in [-0.2, -0.15) is 4.68 Å². The van der Waals surface area contributed by atoms with Crippen LogP contribution in [0.15, 0.2) is 29.4 Å². The van der Waals surface area contributed by atoms with Crippen molar-refractivity contribution in [1.29, 1.82) is 0 Å². The van der Waals surface area contributed by atoms with E-state index in [-0.39, 0.29) is 11.5 Å². The second-order valence-corrected chi connectivity index (χ2v) is 9.28. The van der Waals surface area contributed by atoms with Crippen LogP contribution in [0.4, 0.5) is 0 Å². The standard InChI is InChI=1S/C14H18N4O3S2/c1-9(2)10-3-5-11(6-4-10)18-14(15-16-17-18)22-13-8-23(20,21)7-12(13)19/h3-6,9,12-13,19H,7-8H2,1-2H3/t12-,13-/m0/s1. The molecule has 1 aliphatic rings. The molecule has 7 nitrogen and oxygen atoms in total. The van der Waals surface area contributed by atoms with Crippen LogP contribution >= 0.6 is 11.8 Å². The molecule has 2 aromatic rings. The quantitative estimate of drug-likeness (QED) is 0.876. The lowest BCUT2D eigenvalue weighted by Crippen LogP contribution is -2.20. The molecule has 9 heteroatoms. The molecule has 1 N–H and O–H groups in total. The molecule has 0 aliphatic carbocycles. The minimum absolute atomic E-state index is 0.0576. The first kappa shape index (κ1) is 16.4. The van der Waals surface area contributed by atoms with Crippen molar-refractivity contribution in [1.82, 2.24) is 20.2 Å². The summed E-state index contributed by atoms with van der Waals surface area (Å²) in [7, 11) is -3.19. The number of tetrazole rings is 1. The minimum Gasteiger partial charge on any atom is -0.391 e. The maximum atomic E-state index is 11.6. The average Bonchev–Trinajstić information content (AvgIpc) is 3.03. The summed E-state index contributed by atoms with van der Waals surface area (Å²) in [5.74, 6) is 0.179. The van der Waals surface area contributed by atoms with Gasteiger partial charge in [-0.25, -0.2) is 8.42 Å². The zero-order chi connectivity index (χ0) is 16.6. The number of nitrogens with zero attached hydrogens (tertiary/aromatic N) is 4. The average molecular weight is 354 g/mol. The Kier molecular flexibility index (Phi) is 4.43. The number of hydrogen-bond acceptors (Lipinski definition) is 7. The van der Waals surface area contributed by atoms with Crippen LogP contribution < -0.4 is 0 Å². The Bertz CT molecular complexity index is 787. The van der Waals surface area contributed by atoms with Gasteiger partial charge in [0.05, 0.1) is 28.5 Å². The van der Waals surface area contributed by atoms with E-state index in [1.807, 2.05) is 24.3 Å². The molecule has 2 atom stereocenters. The fraction of sp³-hybridized carbons (Fsp3) is 0.500. The van der Waals surface area contributed by atoms with Gasteiger partial charge in [0.25, 0.3) is 0 Å². The van der Waals surface area contributed by atoms with E-state index >= 15 is 0 Å². The lowest BCUT2D eigenvalue weighted by atomic mass is 10.0. The Labute approximate surface area is 139 Å². The number of aromatic nitrogens is 4. The predicted molar refractivity (Wildman–Crippen MR) is 87.5 cm³/mol. The monoisotopic (exact) mass is 354 g/mol. The zero-order valence-electron chi connectivity index (χ0n) is 12.8. The number of hydrogen-bond donors (Lipinski definition) is 1. The Morgan fingerprint density at radius 1 is 1.26 bits per heavy atom. The molecule has 0 bridgehead atoms. The Balaban J connectivity index is 1.82. The first-order valence-corrected chi connectivity index (χ1v) is 10.00. The molecule has 124 valence electrons. The molecule has 0 spiro atoms. The molecule has 1 aromatic carbocycles. The maximum Gasteiger partial charge on any atom is 0.214 e. The highest BCUT2D eigenvalue weighted by Crippen LogP contribution is 2.30. The second-order valence-electron chi connectivity index (χ2n) is 5.92. The van der Waals surface area contributed by atoms with E-state index in [4.69, 9.17) is 0 Å². The predicted octanol–water partition coefficient (Wildman–Crippen LogP) is 1.04. The number of thioether (sulfide) groups is 1. The van der Waals surface area contributed by atoms with Gasteiger partial charge in [0, 0.05) is 0 Å². The summed E-state index contributed by atoms with van der Waals surface area (Å²) in [6.07, 6.45) is -0.890. The summed E-state index contributed by atoms with van der Waals surface area (Å²) in [4.78, 5) is 0. The SMILES string of the molecule is CC(C)c1ccc(-n2nnnc2S[C@H]2CS(=O)(=O)C[C@@H]2O)cc1. The first-order chi connectivity index (χ1) is 10.9. The maximum absolute atomic E-state index is 11.6. The molecule has 0 amide bonds. The second kappa shape index (κ2) is 6.21. The minimum atomic E-state index is -3.19. The molecule has 1 saturated heterocycles. The van der Waals surface area contributed by atoms with Crippen molar-refractivity contribution in [3.05, 3.63) is 29.8 Å². The number of rotatable bonds is 4. The summed E-state index contributed by atoms with van der Waals surface area (Å²) in [5, 5.41) is 21.5. The van der Waals surface area contributed by atoms with E-state index in [1.54, 1.807) is 4.68 Å². The van der Waals surface area contributed by atoms with Crippen LogP contribution in [-0.2, 0) is 9.84 Å². The molecular weight excluding hydrogens is 336 g/mol. The topological polar surface area (TPSA) is 98.0 Å². The van der Waals surface area contributed by atoms with E-state index in [9.17, 15) is 13.5 Å². The lowest BCUT2D eigenvalue weighted by molar-refractivity contribution is 0.207. The van der Waals surface area contributed by atoms with E-state index in [1.165, 1.54) is 17.3 Å². The molecule has 0 radical (unpaired) electrons. The van der Waals surface area contributed by atoms with Crippen LogP contribution in [0.5, 0.6) is 0 Å². The van der Waals surface area contributed by atoms with Gasteiger partial charge in [-0.15, -0.1) is 5.10 Å². The van der Waals surface area contributed by atoms with Crippen molar-refractivity contribution in [2.75, 3.05) is 11.5 Å². The lowest BCUT2D eigenvalue weighted by Gasteiger charge is -2.12. The Hall–Kier alpha value is -1.45. The Morgan fingerprint density at radius 3 is 2.52 bits per heavy atom. The van der Waals surface area contributed by atoms with Crippen molar-refractivity contribution in [3.8, 4) is 5.69 Å². The molecule has 3 rings (SSSR count). The summed E-state index contributed by atoms with van der Waals surface area (Å²) in [6, 6.07) is 7.89. The van der Waals surface area contributed by atoms with Crippen molar-refractivity contribution >= 4 is 21.6 Å². The van der Waals surface area contributed by atoms with Crippen LogP contribution in [0.3, 0.4) is 0 Å². The van der Waals surface area contributed by atoms with Gasteiger partial charge in [-0.3, -0.25) is 0 Å². The molecular formula is C14H18N4O3S2. The number of benzene rings is 1. The summed E-state index contributed by atoms with van der Waals surface area (Å²) in [6.45, 7) is 4.24. The summed E-state index contributed by atoms with van der Waals surface area (Å²) >= 11 is 1.20. The fourth-order valence-corrected chi connectivity index (χ4v) is 5.94. The highest BCUT2D eigenvalue weighted by molar-refractivity contribution is 8.01.